The summed E-state index contributed by atoms with van der Waals surface area (Å²) in [5.74, 6) is -0.332. The Morgan fingerprint density at radius 2 is 0.968 bits per heavy atom. The minimum absolute atomic E-state index is 0.103. The number of hydrogen-bond donors (Lipinski definition) is 4. The van der Waals surface area contributed by atoms with E-state index in [1.165, 1.54) is 103 Å². The summed E-state index contributed by atoms with van der Waals surface area (Å²) in [4.78, 5) is 12.8. The maximum atomic E-state index is 12.8. The topological polar surface area (TPSA) is 135 Å². The van der Waals surface area contributed by atoms with Gasteiger partial charge in [0.2, 0.25) is 0 Å². The maximum absolute atomic E-state index is 12.8. The average molecular weight is 873 g/mol. The monoisotopic (exact) mass is 873 g/mol. The molecule has 1 fully saturated rings. The number of aliphatic hydroxyl groups excluding tert-OH is 4. The van der Waals surface area contributed by atoms with E-state index in [4.69, 9.17) is 18.9 Å². The van der Waals surface area contributed by atoms with Crippen molar-refractivity contribution in [1.82, 2.24) is 0 Å². The third-order valence-corrected chi connectivity index (χ3v) is 11.1. The number of carbonyl (C=O) groups excluding carboxylic acids is 1. The molecule has 6 unspecified atom stereocenters. The van der Waals surface area contributed by atoms with Gasteiger partial charge in [0.1, 0.15) is 30.5 Å². The molecule has 9 nitrogen and oxygen atoms in total. The zero-order valence-electron chi connectivity index (χ0n) is 39.3. The Hall–Kier alpha value is -2.37. The number of ether oxygens (including phenoxy) is 4. The molecule has 0 aliphatic carbocycles. The van der Waals surface area contributed by atoms with Crippen LogP contribution in [0, 0.1) is 0 Å². The lowest BCUT2D eigenvalue weighted by atomic mass is 9.99. The number of unbranched alkanes of at least 4 members (excludes halogenated alkanes) is 19. The summed E-state index contributed by atoms with van der Waals surface area (Å²) in [6.45, 7) is 4.31. The van der Waals surface area contributed by atoms with Crippen molar-refractivity contribution in [3.63, 3.8) is 0 Å². The van der Waals surface area contributed by atoms with Gasteiger partial charge in [-0.3, -0.25) is 4.79 Å². The third kappa shape index (κ3) is 34.1. The predicted molar refractivity (Wildman–Crippen MR) is 256 cm³/mol. The molecule has 0 aromatic rings. The van der Waals surface area contributed by atoms with Crippen LogP contribution in [-0.4, -0.2) is 89.6 Å². The number of hydrogen-bond acceptors (Lipinski definition) is 9. The van der Waals surface area contributed by atoms with Crippen LogP contribution in [0.25, 0.3) is 0 Å². The molecule has 0 spiro atoms. The molecular weight excluding hydrogens is 781 g/mol. The molecule has 62 heavy (non-hydrogen) atoms. The molecule has 1 aliphatic rings. The molecule has 0 saturated carbocycles. The molecule has 1 rings (SSSR count). The van der Waals surface area contributed by atoms with Gasteiger partial charge in [0.05, 0.1) is 19.8 Å². The van der Waals surface area contributed by atoms with E-state index in [2.05, 4.69) is 86.8 Å². The second-order valence-electron chi connectivity index (χ2n) is 16.9. The van der Waals surface area contributed by atoms with Crippen molar-refractivity contribution in [1.29, 1.82) is 0 Å². The molecule has 0 aromatic heterocycles. The maximum Gasteiger partial charge on any atom is 0.306 e. The number of aliphatic hydroxyl groups is 4. The van der Waals surface area contributed by atoms with Crippen molar-refractivity contribution in [2.45, 2.75) is 230 Å². The molecule has 0 amide bonds. The fourth-order valence-corrected chi connectivity index (χ4v) is 7.27. The molecular formula is C53H92O9. The summed E-state index contributed by atoms with van der Waals surface area (Å²) in [7, 11) is 0. The first-order chi connectivity index (χ1) is 30.4. The van der Waals surface area contributed by atoms with Crippen LogP contribution in [0.5, 0.6) is 0 Å². The first-order valence-electron chi connectivity index (χ1n) is 25.0. The number of rotatable bonds is 42. The van der Waals surface area contributed by atoms with E-state index in [-0.39, 0.29) is 19.2 Å². The summed E-state index contributed by atoms with van der Waals surface area (Å²) < 4.78 is 22.8. The molecule has 358 valence electrons. The minimum atomic E-state index is -1.55. The van der Waals surface area contributed by atoms with Crippen molar-refractivity contribution >= 4 is 5.97 Å². The third-order valence-electron chi connectivity index (χ3n) is 11.1. The largest absolute Gasteiger partial charge is 0.457 e. The highest BCUT2D eigenvalue weighted by Crippen LogP contribution is 2.23. The lowest BCUT2D eigenvalue weighted by Gasteiger charge is -2.39. The average Bonchev–Trinajstić information content (AvgIpc) is 3.27. The molecule has 4 N–H and O–H groups in total. The Bertz CT molecular complexity index is 1180. The van der Waals surface area contributed by atoms with Gasteiger partial charge in [-0.1, -0.05) is 202 Å². The molecule has 0 aromatic carbocycles. The lowest BCUT2D eigenvalue weighted by Crippen LogP contribution is -2.59. The molecule has 9 heteroatoms. The highest BCUT2D eigenvalue weighted by molar-refractivity contribution is 5.69. The summed E-state index contributed by atoms with van der Waals surface area (Å²) >= 11 is 0. The van der Waals surface area contributed by atoms with Crippen molar-refractivity contribution in [2.24, 2.45) is 0 Å². The van der Waals surface area contributed by atoms with E-state index in [1.807, 2.05) is 0 Å². The highest BCUT2D eigenvalue weighted by Gasteiger charge is 2.44. The van der Waals surface area contributed by atoms with Crippen LogP contribution < -0.4 is 0 Å². The Labute approximate surface area is 378 Å². The van der Waals surface area contributed by atoms with Gasteiger partial charge in [-0.15, -0.1) is 0 Å². The fourth-order valence-electron chi connectivity index (χ4n) is 7.27. The van der Waals surface area contributed by atoms with Crippen LogP contribution in [-0.2, 0) is 23.7 Å². The van der Waals surface area contributed by atoms with E-state index in [1.54, 1.807) is 0 Å². The Morgan fingerprint density at radius 3 is 1.42 bits per heavy atom. The van der Waals surface area contributed by atoms with Gasteiger partial charge >= 0.3 is 5.97 Å². The second kappa shape index (κ2) is 43.9. The lowest BCUT2D eigenvalue weighted by molar-refractivity contribution is -0.305. The van der Waals surface area contributed by atoms with E-state index < -0.39 is 43.4 Å². The van der Waals surface area contributed by atoms with Gasteiger partial charge in [-0.25, -0.2) is 0 Å². The summed E-state index contributed by atoms with van der Waals surface area (Å²) in [5, 5.41) is 40.2. The Balaban J connectivity index is 2.27. The van der Waals surface area contributed by atoms with Gasteiger partial charge in [0.15, 0.2) is 6.29 Å². The minimum Gasteiger partial charge on any atom is -0.457 e. The zero-order valence-corrected chi connectivity index (χ0v) is 39.3. The van der Waals surface area contributed by atoms with Gasteiger partial charge in [-0.05, 0) is 57.8 Å². The number of carbonyl (C=O) groups is 1. The van der Waals surface area contributed by atoms with Crippen molar-refractivity contribution in [3.8, 4) is 0 Å². The number of allylic oxidation sites excluding steroid dienone is 12. The van der Waals surface area contributed by atoms with Crippen LogP contribution in [0.2, 0.25) is 0 Å². The second-order valence-corrected chi connectivity index (χ2v) is 16.9. The molecule has 0 radical (unpaired) electrons. The summed E-state index contributed by atoms with van der Waals surface area (Å²) in [6, 6.07) is 0. The fraction of sp³-hybridized carbons (Fsp3) is 0.755. The molecule has 1 aliphatic heterocycles. The molecule has 0 bridgehead atoms. The van der Waals surface area contributed by atoms with Crippen molar-refractivity contribution in [2.75, 3.05) is 26.4 Å². The van der Waals surface area contributed by atoms with Gasteiger partial charge < -0.3 is 39.4 Å². The first kappa shape index (κ1) is 57.6. The highest BCUT2D eigenvalue weighted by atomic mass is 16.7. The molecule has 1 saturated heterocycles. The summed E-state index contributed by atoms with van der Waals surface area (Å²) in [5.41, 5.74) is 0. The van der Waals surface area contributed by atoms with Crippen LogP contribution in [0.3, 0.4) is 0 Å². The molecule has 1 heterocycles. The standard InChI is InChI=1S/C53H92O9/c1-3-5-7-9-11-13-15-17-19-21-23-25-27-29-31-33-35-37-39-41-43-59-45-47(46-60-53-52(58)51(57)50(56)48(44-54)62-53)61-49(55)42-40-38-36-34-32-30-28-26-24-22-20-18-16-14-12-10-8-6-4-2/h5,7,11,13,17,19,23,25,29,31,35,37,47-48,50-54,56-58H,3-4,6,8-10,12,14-16,18,20-22,24,26-28,30,32-34,36,38-46H2,1-2H3/b7-5-,13-11-,19-17-,25-23-,31-29-,37-35-. The van der Waals surface area contributed by atoms with E-state index in [9.17, 15) is 25.2 Å². The Morgan fingerprint density at radius 1 is 0.532 bits per heavy atom. The van der Waals surface area contributed by atoms with Crippen LogP contribution >= 0.6 is 0 Å². The van der Waals surface area contributed by atoms with Gasteiger partial charge in [-0.2, -0.15) is 0 Å². The first-order valence-corrected chi connectivity index (χ1v) is 25.0. The SMILES string of the molecule is CC/C=C\C/C=C\C/C=C\C/C=C\C/C=C\C/C=C\CCCOCC(COC1OC(CO)C(O)C(O)C1O)OC(=O)CCCCCCCCCCCCCCCCCCCCC. The normalized spacial score (nSPS) is 20.4. The van der Waals surface area contributed by atoms with Gasteiger partial charge in [0, 0.05) is 13.0 Å². The quantitative estimate of drug-likeness (QED) is 0.0269. The van der Waals surface area contributed by atoms with Gasteiger partial charge in [0.25, 0.3) is 0 Å². The smallest absolute Gasteiger partial charge is 0.306 e. The van der Waals surface area contributed by atoms with E-state index in [0.717, 1.165) is 70.6 Å². The molecule has 6 atom stereocenters. The van der Waals surface area contributed by atoms with E-state index >= 15 is 0 Å². The van der Waals surface area contributed by atoms with Crippen LogP contribution in [0.4, 0.5) is 0 Å². The Kier molecular flexibility index (Phi) is 40.8. The van der Waals surface area contributed by atoms with Crippen LogP contribution in [0.1, 0.15) is 194 Å². The summed E-state index contributed by atoms with van der Waals surface area (Å²) in [6.07, 6.45) is 50.9. The van der Waals surface area contributed by atoms with Crippen LogP contribution in [0.15, 0.2) is 72.9 Å². The van der Waals surface area contributed by atoms with Crippen molar-refractivity contribution in [3.05, 3.63) is 72.9 Å². The van der Waals surface area contributed by atoms with E-state index in [0.29, 0.717) is 13.0 Å². The zero-order chi connectivity index (χ0) is 45.0. The predicted octanol–water partition coefficient (Wildman–Crippen LogP) is 12.0. The number of esters is 1. The van der Waals surface area contributed by atoms with Crippen molar-refractivity contribution < 1.29 is 44.2 Å².